The maximum atomic E-state index is 13.5. The van der Waals surface area contributed by atoms with Crippen LogP contribution in [0.1, 0.15) is 24.8 Å². The first kappa shape index (κ1) is 15.3. The van der Waals surface area contributed by atoms with Gasteiger partial charge in [-0.2, -0.15) is 0 Å². The van der Waals surface area contributed by atoms with E-state index in [1.807, 2.05) is 0 Å². The van der Waals surface area contributed by atoms with E-state index in [0.29, 0.717) is 13.1 Å². The summed E-state index contributed by atoms with van der Waals surface area (Å²) in [5, 5.41) is 1.66. The average Bonchev–Trinajstić information content (AvgIpc) is 2.39. The van der Waals surface area contributed by atoms with Gasteiger partial charge in [-0.3, -0.25) is 0 Å². The molecule has 1 heterocycles. The SMILES string of the molecule is NC(=S)c1cc(S(=O)(=O)NN2CCCCC2)ccc1F. The summed E-state index contributed by atoms with van der Waals surface area (Å²) in [4.78, 5) is 2.28. The van der Waals surface area contributed by atoms with E-state index < -0.39 is 15.8 Å². The lowest BCUT2D eigenvalue weighted by atomic mass is 10.2. The Morgan fingerprint density at radius 1 is 1.30 bits per heavy atom. The van der Waals surface area contributed by atoms with Gasteiger partial charge < -0.3 is 5.73 Å². The molecule has 0 radical (unpaired) electrons. The Bertz CT molecular complexity index is 613. The molecule has 1 aromatic rings. The maximum absolute atomic E-state index is 13.5. The minimum absolute atomic E-state index is 0.0488. The Labute approximate surface area is 123 Å². The fourth-order valence-corrected chi connectivity index (χ4v) is 3.37. The summed E-state index contributed by atoms with van der Waals surface area (Å²) < 4.78 is 37.9. The molecule has 1 saturated heterocycles. The molecule has 1 aromatic carbocycles. The summed E-state index contributed by atoms with van der Waals surface area (Å²) in [5.74, 6) is -0.630. The van der Waals surface area contributed by atoms with Gasteiger partial charge in [-0.25, -0.2) is 17.8 Å². The van der Waals surface area contributed by atoms with Crippen LogP contribution in [-0.2, 0) is 10.0 Å². The molecule has 5 nitrogen and oxygen atoms in total. The second kappa shape index (κ2) is 6.13. The number of nitrogens with zero attached hydrogens (tertiary/aromatic N) is 1. The molecule has 8 heteroatoms. The van der Waals surface area contributed by atoms with Gasteiger partial charge in [0.1, 0.15) is 10.8 Å². The molecule has 0 spiro atoms. The Hall–Kier alpha value is -1.09. The third-order valence-electron chi connectivity index (χ3n) is 3.12. The third-order valence-corrected chi connectivity index (χ3v) is 4.71. The number of piperidine rings is 1. The van der Waals surface area contributed by atoms with Gasteiger partial charge in [0.05, 0.1) is 4.90 Å². The molecular formula is C12H16FN3O2S2. The van der Waals surface area contributed by atoms with E-state index in [0.717, 1.165) is 31.4 Å². The van der Waals surface area contributed by atoms with Crippen LogP contribution in [0.25, 0.3) is 0 Å². The highest BCUT2D eigenvalue weighted by Gasteiger charge is 2.21. The zero-order valence-corrected chi connectivity index (χ0v) is 12.4. The largest absolute Gasteiger partial charge is 0.389 e. The Kier molecular flexibility index (Phi) is 4.69. The number of nitrogens with two attached hydrogens (primary N) is 1. The predicted octanol–water partition coefficient (Wildman–Crippen LogP) is 1.14. The molecule has 110 valence electrons. The first-order chi connectivity index (χ1) is 9.40. The van der Waals surface area contributed by atoms with E-state index in [2.05, 4.69) is 4.83 Å². The number of sulfonamides is 1. The molecule has 0 aliphatic carbocycles. The molecule has 1 fully saturated rings. The van der Waals surface area contributed by atoms with E-state index in [1.54, 1.807) is 5.01 Å². The lowest BCUT2D eigenvalue weighted by Gasteiger charge is -2.26. The van der Waals surface area contributed by atoms with Crippen molar-refractivity contribution in [1.82, 2.24) is 9.84 Å². The van der Waals surface area contributed by atoms with E-state index in [4.69, 9.17) is 18.0 Å². The zero-order chi connectivity index (χ0) is 14.8. The average molecular weight is 317 g/mol. The van der Waals surface area contributed by atoms with Gasteiger partial charge in [0.15, 0.2) is 0 Å². The van der Waals surface area contributed by atoms with Crippen molar-refractivity contribution in [3.63, 3.8) is 0 Å². The minimum Gasteiger partial charge on any atom is -0.389 e. The van der Waals surface area contributed by atoms with E-state index in [9.17, 15) is 12.8 Å². The number of hydrogen-bond donors (Lipinski definition) is 2. The molecule has 0 atom stereocenters. The molecule has 0 amide bonds. The summed E-state index contributed by atoms with van der Waals surface area (Å²) >= 11 is 4.71. The fourth-order valence-electron chi connectivity index (χ4n) is 2.07. The van der Waals surface area contributed by atoms with E-state index in [1.165, 1.54) is 6.07 Å². The Balaban J connectivity index is 2.24. The summed E-state index contributed by atoms with van der Waals surface area (Å²) in [6.45, 7) is 1.34. The molecule has 1 aliphatic heterocycles. The molecule has 20 heavy (non-hydrogen) atoms. The summed E-state index contributed by atoms with van der Waals surface area (Å²) in [5.41, 5.74) is 5.31. The minimum atomic E-state index is -3.74. The van der Waals surface area contributed by atoms with Crippen LogP contribution in [0.4, 0.5) is 4.39 Å². The quantitative estimate of drug-likeness (QED) is 0.815. The molecule has 2 rings (SSSR count). The molecule has 0 saturated carbocycles. The van der Waals surface area contributed by atoms with Crippen LogP contribution in [0.2, 0.25) is 0 Å². The van der Waals surface area contributed by atoms with Crippen molar-refractivity contribution >= 4 is 27.2 Å². The van der Waals surface area contributed by atoms with Gasteiger partial charge in [0.2, 0.25) is 0 Å². The van der Waals surface area contributed by atoms with Gasteiger partial charge in [0.25, 0.3) is 10.0 Å². The number of hydrogen-bond acceptors (Lipinski definition) is 4. The highest BCUT2D eigenvalue weighted by atomic mass is 32.2. The zero-order valence-electron chi connectivity index (χ0n) is 10.8. The normalized spacial score (nSPS) is 17.1. The molecule has 0 aromatic heterocycles. The summed E-state index contributed by atoms with van der Waals surface area (Å²) in [6.07, 6.45) is 2.99. The Morgan fingerprint density at radius 3 is 2.55 bits per heavy atom. The second-order valence-corrected chi connectivity index (χ2v) is 6.75. The monoisotopic (exact) mass is 317 g/mol. The van der Waals surface area contributed by atoms with Gasteiger partial charge in [-0.05, 0) is 31.0 Å². The van der Waals surface area contributed by atoms with Crippen LogP contribution in [0.3, 0.4) is 0 Å². The van der Waals surface area contributed by atoms with Crippen molar-refractivity contribution in [1.29, 1.82) is 0 Å². The van der Waals surface area contributed by atoms with Gasteiger partial charge >= 0.3 is 0 Å². The maximum Gasteiger partial charge on any atom is 0.253 e. The van der Waals surface area contributed by atoms with Crippen molar-refractivity contribution in [2.24, 2.45) is 5.73 Å². The van der Waals surface area contributed by atoms with Crippen LogP contribution >= 0.6 is 12.2 Å². The van der Waals surface area contributed by atoms with Crippen LogP contribution < -0.4 is 10.6 Å². The van der Waals surface area contributed by atoms with Crippen LogP contribution in [0.15, 0.2) is 23.1 Å². The van der Waals surface area contributed by atoms with Crippen LogP contribution in [-0.4, -0.2) is 31.5 Å². The third kappa shape index (κ3) is 3.51. The lowest BCUT2D eigenvalue weighted by Crippen LogP contribution is -2.44. The van der Waals surface area contributed by atoms with Crippen molar-refractivity contribution < 1.29 is 12.8 Å². The topological polar surface area (TPSA) is 75.4 Å². The summed E-state index contributed by atoms with van der Waals surface area (Å²) in [6, 6.07) is 3.41. The number of halogens is 1. The standard InChI is InChI=1S/C12H16FN3O2S2/c13-11-5-4-9(8-10(11)12(14)19)20(17,18)15-16-6-2-1-3-7-16/h4-5,8,15H,1-3,6-7H2,(H2,14,19). The number of hydrazine groups is 1. The second-order valence-electron chi connectivity index (χ2n) is 4.65. The van der Waals surface area contributed by atoms with Gasteiger partial charge in [-0.15, -0.1) is 4.83 Å². The van der Waals surface area contributed by atoms with Crippen molar-refractivity contribution in [3.05, 3.63) is 29.6 Å². The predicted molar refractivity (Wildman–Crippen MR) is 78.0 cm³/mol. The molecule has 3 N–H and O–H groups in total. The molecule has 0 unspecified atom stereocenters. The molecule has 1 aliphatic rings. The van der Waals surface area contributed by atoms with Gasteiger partial charge in [-0.1, -0.05) is 18.6 Å². The van der Waals surface area contributed by atoms with Crippen molar-refractivity contribution in [3.8, 4) is 0 Å². The van der Waals surface area contributed by atoms with Crippen molar-refractivity contribution in [2.45, 2.75) is 24.2 Å². The van der Waals surface area contributed by atoms with E-state index >= 15 is 0 Å². The van der Waals surface area contributed by atoms with Crippen molar-refractivity contribution in [2.75, 3.05) is 13.1 Å². The lowest BCUT2D eigenvalue weighted by molar-refractivity contribution is 0.200. The fraction of sp³-hybridized carbons (Fsp3) is 0.417. The molecule has 0 bridgehead atoms. The summed E-state index contributed by atoms with van der Waals surface area (Å²) in [7, 11) is -3.74. The van der Waals surface area contributed by atoms with Gasteiger partial charge in [0, 0.05) is 18.7 Å². The highest BCUT2D eigenvalue weighted by Crippen LogP contribution is 2.16. The van der Waals surface area contributed by atoms with E-state index in [-0.39, 0.29) is 15.4 Å². The number of nitrogens with one attached hydrogen (secondary N) is 1. The number of rotatable bonds is 4. The smallest absolute Gasteiger partial charge is 0.253 e. The molecular weight excluding hydrogens is 301 g/mol. The van der Waals surface area contributed by atoms with Crippen LogP contribution in [0, 0.1) is 5.82 Å². The van der Waals surface area contributed by atoms with Crippen LogP contribution in [0.5, 0.6) is 0 Å². The number of thiocarbonyl (C=S) groups is 1. The first-order valence-corrected chi connectivity index (χ1v) is 8.16. The first-order valence-electron chi connectivity index (χ1n) is 6.27. The number of benzene rings is 1. The Morgan fingerprint density at radius 2 is 1.95 bits per heavy atom. The highest BCUT2D eigenvalue weighted by molar-refractivity contribution is 7.89.